The summed E-state index contributed by atoms with van der Waals surface area (Å²) in [5, 5.41) is 3.86. The standard InChI is InChI=1S/C16H11N5O/c22-16(11-7-13-15(18-8-11)20-9-19-13)21-12-5-1-3-10-4-2-6-17-14(10)12/h1-9H,(H,21,22)(H,18,19,20). The summed E-state index contributed by atoms with van der Waals surface area (Å²) in [6.07, 6.45) is 4.77. The second kappa shape index (κ2) is 4.92. The third kappa shape index (κ3) is 2.07. The summed E-state index contributed by atoms with van der Waals surface area (Å²) < 4.78 is 0. The van der Waals surface area contributed by atoms with E-state index in [4.69, 9.17) is 0 Å². The maximum absolute atomic E-state index is 12.4. The largest absolute Gasteiger partial charge is 0.343 e. The molecule has 0 aliphatic heterocycles. The van der Waals surface area contributed by atoms with Crippen LogP contribution in [0.5, 0.6) is 0 Å². The van der Waals surface area contributed by atoms with Crippen molar-refractivity contribution >= 4 is 33.7 Å². The molecule has 4 aromatic rings. The van der Waals surface area contributed by atoms with Crippen molar-refractivity contribution in [3.8, 4) is 0 Å². The van der Waals surface area contributed by atoms with Crippen molar-refractivity contribution in [1.82, 2.24) is 19.9 Å². The minimum Gasteiger partial charge on any atom is -0.343 e. The fourth-order valence-corrected chi connectivity index (χ4v) is 2.35. The van der Waals surface area contributed by atoms with Crippen LogP contribution in [-0.2, 0) is 0 Å². The first-order valence-electron chi connectivity index (χ1n) is 6.75. The zero-order chi connectivity index (χ0) is 14.9. The Bertz CT molecular complexity index is 987. The average molecular weight is 289 g/mol. The van der Waals surface area contributed by atoms with Gasteiger partial charge in [-0.1, -0.05) is 18.2 Å². The van der Waals surface area contributed by atoms with E-state index in [-0.39, 0.29) is 5.91 Å². The molecule has 3 aromatic heterocycles. The maximum atomic E-state index is 12.4. The van der Waals surface area contributed by atoms with E-state index in [1.807, 2.05) is 30.3 Å². The van der Waals surface area contributed by atoms with Gasteiger partial charge in [0.25, 0.3) is 5.91 Å². The first kappa shape index (κ1) is 12.5. The van der Waals surface area contributed by atoms with Gasteiger partial charge in [-0.25, -0.2) is 9.97 Å². The fourth-order valence-electron chi connectivity index (χ4n) is 2.35. The summed E-state index contributed by atoms with van der Waals surface area (Å²) in [6.45, 7) is 0. The maximum Gasteiger partial charge on any atom is 0.257 e. The second-order valence-electron chi connectivity index (χ2n) is 4.83. The first-order valence-corrected chi connectivity index (χ1v) is 6.75. The smallest absolute Gasteiger partial charge is 0.257 e. The molecular formula is C16H11N5O. The van der Waals surface area contributed by atoms with E-state index in [9.17, 15) is 4.79 Å². The highest BCUT2D eigenvalue weighted by molar-refractivity contribution is 6.08. The number of nitrogens with zero attached hydrogens (tertiary/aromatic N) is 3. The van der Waals surface area contributed by atoms with Crippen LogP contribution in [0.3, 0.4) is 0 Å². The molecule has 1 aromatic carbocycles. The molecule has 0 bridgehead atoms. The normalized spacial score (nSPS) is 10.9. The highest BCUT2D eigenvalue weighted by Gasteiger charge is 2.10. The number of anilines is 1. The first-order chi connectivity index (χ1) is 10.8. The zero-order valence-corrected chi connectivity index (χ0v) is 11.4. The molecule has 4 rings (SSSR count). The van der Waals surface area contributed by atoms with Crippen LogP contribution in [0.4, 0.5) is 5.69 Å². The molecule has 22 heavy (non-hydrogen) atoms. The van der Waals surface area contributed by atoms with Gasteiger partial charge in [-0.15, -0.1) is 0 Å². The lowest BCUT2D eigenvalue weighted by Gasteiger charge is -2.07. The lowest BCUT2D eigenvalue weighted by atomic mass is 10.2. The number of imidazole rings is 1. The number of fused-ring (bicyclic) bond motifs is 2. The molecule has 0 saturated carbocycles. The van der Waals surface area contributed by atoms with Gasteiger partial charge in [0.2, 0.25) is 0 Å². The Kier molecular flexibility index (Phi) is 2.79. The van der Waals surface area contributed by atoms with Crippen molar-refractivity contribution in [2.75, 3.05) is 5.32 Å². The van der Waals surface area contributed by atoms with Crippen molar-refractivity contribution in [2.45, 2.75) is 0 Å². The third-order valence-corrected chi connectivity index (χ3v) is 3.42. The Morgan fingerprint density at radius 1 is 1.09 bits per heavy atom. The third-order valence-electron chi connectivity index (χ3n) is 3.42. The minimum absolute atomic E-state index is 0.234. The van der Waals surface area contributed by atoms with E-state index >= 15 is 0 Å². The van der Waals surface area contributed by atoms with Crippen molar-refractivity contribution in [3.05, 3.63) is 60.7 Å². The van der Waals surface area contributed by atoms with Crippen LogP contribution in [0.1, 0.15) is 10.4 Å². The lowest BCUT2D eigenvalue weighted by molar-refractivity contribution is 0.102. The SMILES string of the molecule is O=C(Nc1cccc2cccnc12)c1cnc2nc[nH]c2c1. The number of aromatic amines is 1. The van der Waals surface area contributed by atoms with Crippen LogP contribution in [0.2, 0.25) is 0 Å². The van der Waals surface area contributed by atoms with Crippen LogP contribution in [-0.4, -0.2) is 25.8 Å². The summed E-state index contributed by atoms with van der Waals surface area (Å²) in [5.74, 6) is -0.234. The summed E-state index contributed by atoms with van der Waals surface area (Å²) >= 11 is 0. The number of hydrogen-bond acceptors (Lipinski definition) is 4. The summed E-state index contributed by atoms with van der Waals surface area (Å²) in [4.78, 5) is 27.9. The molecule has 0 fully saturated rings. The van der Waals surface area contributed by atoms with Gasteiger partial charge in [0.1, 0.15) is 0 Å². The number of carbonyl (C=O) groups is 1. The van der Waals surface area contributed by atoms with Crippen LogP contribution in [0.15, 0.2) is 55.1 Å². The molecule has 0 unspecified atom stereocenters. The van der Waals surface area contributed by atoms with E-state index in [2.05, 4.69) is 25.3 Å². The molecule has 0 saturated heterocycles. The predicted molar refractivity (Wildman–Crippen MR) is 83.6 cm³/mol. The van der Waals surface area contributed by atoms with Gasteiger partial charge < -0.3 is 10.3 Å². The van der Waals surface area contributed by atoms with Crippen LogP contribution in [0.25, 0.3) is 22.1 Å². The molecule has 1 amide bonds. The molecule has 106 valence electrons. The molecule has 6 heteroatoms. The molecule has 0 radical (unpaired) electrons. The Balaban J connectivity index is 1.71. The second-order valence-corrected chi connectivity index (χ2v) is 4.83. The van der Waals surface area contributed by atoms with E-state index < -0.39 is 0 Å². The fraction of sp³-hybridized carbons (Fsp3) is 0. The molecular weight excluding hydrogens is 278 g/mol. The van der Waals surface area contributed by atoms with Gasteiger partial charge in [-0.05, 0) is 18.2 Å². The van der Waals surface area contributed by atoms with E-state index in [1.165, 1.54) is 6.20 Å². The van der Waals surface area contributed by atoms with Gasteiger partial charge in [0, 0.05) is 17.8 Å². The number of carbonyl (C=O) groups excluding carboxylic acids is 1. The van der Waals surface area contributed by atoms with Crippen molar-refractivity contribution < 1.29 is 4.79 Å². The highest BCUT2D eigenvalue weighted by atomic mass is 16.1. The summed E-state index contributed by atoms with van der Waals surface area (Å²) in [7, 11) is 0. The Morgan fingerprint density at radius 3 is 2.95 bits per heavy atom. The number of rotatable bonds is 2. The Hall–Kier alpha value is -3.28. The lowest BCUT2D eigenvalue weighted by Crippen LogP contribution is -2.12. The highest BCUT2D eigenvalue weighted by Crippen LogP contribution is 2.21. The number of para-hydroxylation sites is 1. The number of benzene rings is 1. The van der Waals surface area contributed by atoms with Crippen LogP contribution < -0.4 is 5.32 Å². The number of hydrogen-bond donors (Lipinski definition) is 2. The van der Waals surface area contributed by atoms with Gasteiger partial charge in [0.15, 0.2) is 5.65 Å². The minimum atomic E-state index is -0.234. The number of nitrogens with one attached hydrogen (secondary N) is 2. The molecule has 6 nitrogen and oxygen atoms in total. The molecule has 0 atom stereocenters. The van der Waals surface area contributed by atoms with E-state index in [0.29, 0.717) is 16.9 Å². The van der Waals surface area contributed by atoms with E-state index in [1.54, 1.807) is 18.6 Å². The Morgan fingerprint density at radius 2 is 2.00 bits per heavy atom. The number of aromatic nitrogens is 4. The molecule has 3 heterocycles. The molecule has 0 aliphatic rings. The van der Waals surface area contributed by atoms with E-state index in [0.717, 1.165) is 16.4 Å². The zero-order valence-electron chi connectivity index (χ0n) is 11.4. The summed E-state index contributed by atoms with van der Waals surface area (Å²) in [5.41, 5.74) is 3.21. The quantitative estimate of drug-likeness (QED) is 0.594. The number of amides is 1. The van der Waals surface area contributed by atoms with Crippen LogP contribution >= 0.6 is 0 Å². The topological polar surface area (TPSA) is 83.6 Å². The van der Waals surface area contributed by atoms with Crippen molar-refractivity contribution in [3.63, 3.8) is 0 Å². The molecule has 0 spiro atoms. The molecule has 0 aliphatic carbocycles. The Labute approximate surface area is 125 Å². The van der Waals surface area contributed by atoms with Gasteiger partial charge in [-0.2, -0.15) is 0 Å². The number of H-pyrrole nitrogens is 1. The van der Waals surface area contributed by atoms with Gasteiger partial charge in [-0.3, -0.25) is 9.78 Å². The predicted octanol–water partition coefficient (Wildman–Crippen LogP) is 2.76. The average Bonchev–Trinajstić information content (AvgIpc) is 3.02. The monoisotopic (exact) mass is 289 g/mol. The van der Waals surface area contributed by atoms with Gasteiger partial charge >= 0.3 is 0 Å². The van der Waals surface area contributed by atoms with Crippen molar-refractivity contribution in [1.29, 1.82) is 0 Å². The van der Waals surface area contributed by atoms with Crippen LogP contribution in [0, 0.1) is 0 Å². The molecule has 2 N–H and O–H groups in total. The van der Waals surface area contributed by atoms with Gasteiger partial charge in [0.05, 0.1) is 28.6 Å². The van der Waals surface area contributed by atoms with Crippen molar-refractivity contribution in [2.24, 2.45) is 0 Å². The summed E-state index contributed by atoms with van der Waals surface area (Å²) in [6, 6.07) is 11.2. The number of pyridine rings is 2.